The van der Waals surface area contributed by atoms with Crippen LogP contribution in [0.3, 0.4) is 0 Å². The van der Waals surface area contributed by atoms with Crippen molar-refractivity contribution in [2.24, 2.45) is 0 Å². The van der Waals surface area contributed by atoms with E-state index in [4.69, 9.17) is 9.84 Å². The summed E-state index contributed by atoms with van der Waals surface area (Å²) in [6, 6.07) is 23.1. The number of hydrogen-bond donors (Lipinski definition) is 1. The van der Waals surface area contributed by atoms with Crippen molar-refractivity contribution < 1.29 is 4.74 Å². The molecule has 0 saturated carbocycles. The minimum atomic E-state index is 0.787. The summed E-state index contributed by atoms with van der Waals surface area (Å²) in [5.74, 6) is 0.802. The average Bonchev–Trinajstić information content (AvgIpc) is 3.22. The molecule has 2 aromatic heterocycles. The SMILES string of the molecule is Cc1cccc(-n2nc(C)cc2-c2ccnc(Nc3ccc(N4CCOCC4)cc3)c2)c1. The second kappa shape index (κ2) is 8.85. The number of benzene rings is 2. The molecule has 2 aromatic carbocycles. The van der Waals surface area contributed by atoms with Crippen LogP contribution in [0.4, 0.5) is 17.2 Å². The highest BCUT2D eigenvalue weighted by Gasteiger charge is 2.13. The molecule has 0 aliphatic carbocycles. The number of nitrogens with zero attached hydrogens (tertiary/aromatic N) is 4. The van der Waals surface area contributed by atoms with Crippen LogP contribution in [-0.2, 0) is 4.74 Å². The molecule has 0 radical (unpaired) electrons. The number of hydrogen-bond acceptors (Lipinski definition) is 5. The molecule has 0 atom stereocenters. The highest BCUT2D eigenvalue weighted by atomic mass is 16.5. The molecule has 1 saturated heterocycles. The number of anilines is 3. The fraction of sp³-hybridized carbons (Fsp3) is 0.231. The fourth-order valence-electron chi connectivity index (χ4n) is 4.04. The molecule has 6 nitrogen and oxygen atoms in total. The second-order valence-electron chi connectivity index (χ2n) is 8.12. The topological polar surface area (TPSA) is 55.2 Å². The van der Waals surface area contributed by atoms with Gasteiger partial charge in [0.1, 0.15) is 5.82 Å². The maximum atomic E-state index is 5.45. The van der Waals surface area contributed by atoms with Crippen LogP contribution < -0.4 is 10.2 Å². The first-order valence-corrected chi connectivity index (χ1v) is 11.0. The first kappa shape index (κ1) is 20.3. The zero-order chi connectivity index (χ0) is 21.9. The Hall–Kier alpha value is -3.64. The van der Waals surface area contributed by atoms with E-state index in [1.165, 1.54) is 11.3 Å². The van der Waals surface area contributed by atoms with Gasteiger partial charge in [-0.05, 0) is 74.0 Å². The van der Waals surface area contributed by atoms with Crippen molar-refractivity contribution in [1.82, 2.24) is 14.8 Å². The molecular weight excluding hydrogens is 398 g/mol. The molecular formula is C26H27N5O. The van der Waals surface area contributed by atoms with E-state index in [9.17, 15) is 0 Å². The summed E-state index contributed by atoms with van der Waals surface area (Å²) in [6.07, 6.45) is 1.84. The lowest BCUT2D eigenvalue weighted by Crippen LogP contribution is -2.36. The fourth-order valence-corrected chi connectivity index (χ4v) is 4.04. The summed E-state index contributed by atoms with van der Waals surface area (Å²) in [7, 11) is 0. The summed E-state index contributed by atoms with van der Waals surface area (Å²) < 4.78 is 7.45. The van der Waals surface area contributed by atoms with E-state index in [-0.39, 0.29) is 0 Å². The van der Waals surface area contributed by atoms with E-state index in [0.29, 0.717) is 0 Å². The lowest BCUT2D eigenvalue weighted by Gasteiger charge is -2.28. The highest BCUT2D eigenvalue weighted by molar-refractivity contribution is 5.69. The molecule has 1 fully saturated rings. The third-order valence-corrected chi connectivity index (χ3v) is 5.65. The maximum absolute atomic E-state index is 5.45. The number of pyridine rings is 1. The Labute approximate surface area is 188 Å². The van der Waals surface area contributed by atoms with E-state index in [2.05, 4.69) is 82.8 Å². The van der Waals surface area contributed by atoms with Gasteiger partial charge in [0.05, 0.1) is 30.3 Å². The Morgan fingerprint density at radius 3 is 2.47 bits per heavy atom. The Balaban J connectivity index is 1.39. The van der Waals surface area contributed by atoms with Gasteiger partial charge in [0, 0.05) is 36.2 Å². The van der Waals surface area contributed by atoms with Gasteiger partial charge in [-0.3, -0.25) is 0 Å². The molecule has 32 heavy (non-hydrogen) atoms. The lowest BCUT2D eigenvalue weighted by molar-refractivity contribution is 0.122. The van der Waals surface area contributed by atoms with Gasteiger partial charge in [-0.2, -0.15) is 5.10 Å². The van der Waals surface area contributed by atoms with Crippen molar-refractivity contribution in [2.75, 3.05) is 36.5 Å². The van der Waals surface area contributed by atoms with Crippen molar-refractivity contribution in [3.05, 3.63) is 84.2 Å². The molecule has 0 bridgehead atoms. The molecule has 0 amide bonds. The zero-order valence-electron chi connectivity index (χ0n) is 18.5. The number of nitrogens with one attached hydrogen (secondary N) is 1. The molecule has 0 unspecified atom stereocenters. The monoisotopic (exact) mass is 425 g/mol. The van der Waals surface area contributed by atoms with E-state index in [1.807, 2.05) is 23.9 Å². The summed E-state index contributed by atoms with van der Waals surface area (Å²) in [4.78, 5) is 6.88. The van der Waals surface area contributed by atoms with Gasteiger partial charge < -0.3 is 15.0 Å². The first-order chi connectivity index (χ1) is 15.7. The molecule has 0 spiro atoms. The minimum Gasteiger partial charge on any atom is -0.378 e. The Bertz CT molecular complexity index is 1210. The van der Waals surface area contributed by atoms with Crippen LogP contribution in [0.15, 0.2) is 72.9 Å². The van der Waals surface area contributed by atoms with E-state index >= 15 is 0 Å². The predicted molar refractivity (Wildman–Crippen MR) is 129 cm³/mol. The van der Waals surface area contributed by atoms with Crippen molar-refractivity contribution >= 4 is 17.2 Å². The normalized spacial score (nSPS) is 13.9. The lowest BCUT2D eigenvalue weighted by atomic mass is 10.1. The first-order valence-electron chi connectivity index (χ1n) is 11.0. The molecule has 1 aliphatic rings. The van der Waals surface area contributed by atoms with E-state index in [0.717, 1.165) is 60.4 Å². The molecule has 4 aromatic rings. The summed E-state index contributed by atoms with van der Waals surface area (Å²) in [5, 5.41) is 8.16. The standard InChI is InChI=1S/C26H27N5O/c1-19-4-3-5-24(16-19)31-25(17-20(2)29-31)21-10-11-27-26(18-21)28-22-6-8-23(9-7-22)30-12-14-32-15-13-30/h3-11,16-18H,12-15H2,1-2H3,(H,27,28). The van der Waals surface area contributed by atoms with Gasteiger partial charge in [0.15, 0.2) is 0 Å². The van der Waals surface area contributed by atoms with Crippen LogP contribution in [0.25, 0.3) is 16.9 Å². The van der Waals surface area contributed by atoms with Gasteiger partial charge in [0.25, 0.3) is 0 Å². The Morgan fingerprint density at radius 2 is 1.69 bits per heavy atom. The van der Waals surface area contributed by atoms with Gasteiger partial charge >= 0.3 is 0 Å². The van der Waals surface area contributed by atoms with Gasteiger partial charge in [-0.15, -0.1) is 0 Å². The minimum absolute atomic E-state index is 0.787. The molecule has 162 valence electrons. The van der Waals surface area contributed by atoms with Crippen LogP contribution in [0.5, 0.6) is 0 Å². The van der Waals surface area contributed by atoms with Crippen molar-refractivity contribution in [3.8, 4) is 16.9 Å². The maximum Gasteiger partial charge on any atom is 0.130 e. The van der Waals surface area contributed by atoms with E-state index < -0.39 is 0 Å². The van der Waals surface area contributed by atoms with Crippen molar-refractivity contribution in [3.63, 3.8) is 0 Å². The smallest absolute Gasteiger partial charge is 0.130 e. The average molecular weight is 426 g/mol. The summed E-state index contributed by atoms with van der Waals surface area (Å²) in [5.41, 5.74) is 7.58. The highest BCUT2D eigenvalue weighted by Crippen LogP contribution is 2.27. The van der Waals surface area contributed by atoms with Crippen LogP contribution in [0.1, 0.15) is 11.3 Å². The molecule has 6 heteroatoms. The third-order valence-electron chi connectivity index (χ3n) is 5.65. The molecule has 1 N–H and O–H groups in total. The van der Waals surface area contributed by atoms with Crippen LogP contribution in [-0.4, -0.2) is 41.1 Å². The van der Waals surface area contributed by atoms with Gasteiger partial charge in [-0.1, -0.05) is 12.1 Å². The van der Waals surface area contributed by atoms with Gasteiger partial charge in [-0.25, -0.2) is 9.67 Å². The number of ether oxygens (including phenoxy) is 1. The van der Waals surface area contributed by atoms with Crippen LogP contribution >= 0.6 is 0 Å². The second-order valence-corrected chi connectivity index (χ2v) is 8.12. The zero-order valence-corrected chi connectivity index (χ0v) is 18.5. The van der Waals surface area contributed by atoms with E-state index in [1.54, 1.807) is 0 Å². The molecule has 5 rings (SSSR count). The van der Waals surface area contributed by atoms with Crippen LogP contribution in [0.2, 0.25) is 0 Å². The number of aryl methyl sites for hydroxylation is 2. The van der Waals surface area contributed by atoms with Gasteiger partial charge in [0.2, 0.25) is 0 Å². The largest absolute Gasteiger partial charge is 0.378 e. The predicted octanol–water partition coefficient (Wildman–Crippen LogP) is 5.13. The summed E-state index contributed by atoms with van der Waals surface area (Å²) in [6.45, 7) is 7.56. The third kappa shape index (κ3) is 4.36. The Morgan fingerprint density at radius 1 is 0.875 bits per heavy atom. The quantitative estimate of drug-likeness (QED) is 0.480. The number of rotatable bonds is 5. The Kier molecular flexibility index (Phi) is 5.60. The molecule has 3 heterocycles. The molecule has 1 aliphatic heterocycles. The van der Waals surface area contributed by atoms with Crippen LogP contribution in [0, 0.1) is 13.8 Å². The van der Waals surface area contributed by atoms with Crippen molar-refractivity contribution in [2.45, 2.75) is 13.8 Å². The number of morpholine rings is 1. The number of aromatic nitrogens is 3. The summed E-state index contributed by atoms with van der Waals surface area (Å²) >= 11 is 0. The van der Waals surface area contributed by atoms with Crippen molar-refractivity contribution in [1.29, 1.82) is 0 Å².